The second-order valence-corrected chi connectivity index (χ2v) is 12.0. The standard InChI is InChI=1S/C28H34BN3O2/c1-27(2)28(3,4)34-29(33-27)20-10-8-16-12-18(7-6-17(16)13-20)22-15-30-25(24-23(22)31-24)26-19-9-11-21(14-19)32(26)5/h6-8,10,12-13,15,19,21,23-24,26,31H,9,11,14H2,1-5H3/t19?,21-,23?,24?,26?/m1/s1. The van der Waals surface area contributed by atoms with Crippen molar-refractivity contribution in [1.29, 1.82) is 0 Å². The second-order valence-electron chi connectivity index (χ2n) is 12.0. The van der Waals surface area contributed by atoms with Crippen LogP contribution in [0.25, 0.3) is 16.3 Å². The van der Waals surface area contributed by atoms with Crippen LogP contribution in [0.3, 0.4) is 0 Å². The summed E-state index contributed by atoms with van der Waals surface area (Å²) in [5, 5.41) is 6.18. The Labute approximate surface area is 202 Å². The van der Waals surface area contributed by atoms with Crippen molar-refractivity contribution in [2.45, 2.75) is 82.3 Å². The quantitative estimate of drug-likeness (QED) is 0.566. The number of hydrogen-bond acceptors (Lipinski definition) is 5. The summed E-state index contributed by atoms with van der Waals surface area (Å²) >= 11 is 0. The van der Waals surface area contributed by atoms with Crippen molar-refractivity contribution < 1.29 is 9.31 Å². The van der Waals surface area contributed by atoms with Crippen LogP contribution in [0.15, 0.2) is 47.6 Å². The fourth-order valence-electron chi connectivity index (χ4n) is 6.71. The topological polar surface area (TPSA) is 56.0 Å². The first-order chi connectivity index (χ1) is 16.2. The van der Waals surface area contributed by atoms with Crippen LogP contribution in [0.2, 0.25) is 0 Å². The number of nitrogens with zero attached hydrogens (tertiary/aromatic N) is 2. The zero-order chi connectivity index (χ0) is 23.4. The molecule has 0 aromatic heterocycles. The fourth-order valence-corrected chi connectivity index (χ4v) is 6.71. The molecule has 2 aromatic rings. The zero-order valence-electron chi connectivity index (χ0n) is 20.8. The van der Waals surface area contributed by atoms with E-state index in [0.717, 1.165) is 17.4 Å². The van der Waals surface area contributed by atoms with Crippen LogP contribution in [-0.4, -0.2) is 60.1 Å². The third-order valence-electron chi connectivity index (χ3n) is 9.52. The van der Waals surface area contributed by atoms with Gasteiger partial charge in [0.25, 0.3) is 0 Å². The van der Waals surface area contributed by atoms with E-state index in [1.165, 1.54) is 46.9 Å². The van der Waals surface area contributed by atoms with Gasteiger partial charge in [0.05, 0.1) is 35.0 Å². The Balaban J connectivity index is 1.16. The van der Waals surface area contributed by atoms with E-state index in [1.54, 1.807) is 0 Å². The number of piperidine rings is 1. The fraction of sp³-hybridized carbons (Fsp3) is 0.536. The summed E-state index contributed by atoms with van der Waals surface area (Å²) in [6.07, 6.45) is 6.22. The number of fused-ring (bicyclic) bond motifs is 4. The molecule has 0 amide bonds. The lowest BCUT2D eigenvalue weighted by Gasteiger charge is -2.33. The SMILES string of the molecule is CN1C(C2=NC=C(c3ccc4cc(B5OC(C)(C)C(C)(C)O5)ccc4c3)C3NC23)C2CC[C@@H]1C2. The molecule has 1 saturated carbocycles. The van der Waals surface area contributed by atoms with Gasteiger partial charge in [0.15, 0.2) is 0 Å². The number of nitrogens with one attached hydrogen (secondary N) is 1. The van der Waals surface area contributed by atoms with E-state index in [4.69, 9.17) is 14.3 Å². The van der Waals surface area contributed by atoms with Gasteiger partial charge in [-0.15, -0.1) is 0 Å². The first kappa shape index (κ1) is 21.3. The monoisotopic (exact) mass is 455 g/mol. The molecule has 3 saturated heterocycles. The number of aliphatic imine (C=N–C) groups is 1. The summed E-state index contributed by atoms with van der Waals surface area (Å²) in [6, 6.07) is 15.4. The molecule has 2 bridgehead atoms. The Morgan fingerprint density at radius 2 is 1.71 bits per heavy atom. The van der Waals surface area contributed by atoms with Gasteiger partial charge in [0.1, 0.15) is 0 Å². The van der Waals surface area contributed by atoms with Crippen LogP contribution in [0.5, 0.6) is 0 Å². The van der Waals surface area contributed by atoms with Crippen LogP contribution in [-0.2, 0) is 9.31 Å². The van der Waals surface area contributed by atoms with Crippen molar-refractivity contribution in [3.63, 3.8) is 0 Å². The van der Waals surface area contributed by atoms with Crippen LogP contribution in [0.4, 0.5) is 0 Å². The van der Waals surface area contributed by atoms with E-state index in [1.807, 2.05) is 0 Å². The molecule has 34 heavy (non-hydrogen) atoms. The van der Waals surface area contributed by atoms with E-state index in [2.05, 4.69) is 87.6 Å². The summed E-state index contributed by atoms with van der Waals surface area (Å²) in [6.45, 7) is 8.39. The van der Waals surface area contributed by atoms with Gasteiger partial charge in [-0.2, -0.15) is 0 Å². The smallest absolute Gasteiger partial charge is 0.399 e. The van der Waals surface area contributed by atoms with Gasteiger partial charge in [0.2, 0.25) is 0 Å². The maximum absolute atomic E-state index is 6.26. The molecule has 5 nitrogen and oxygen atoms in total. The van der Waals surface area contributed by atoms with E-state index >= 15 is 0 Å². The highest BCUT2D eigenvalue weighted by Gasteiger charge is 2.54. The minimum Gasteiger partial charge on any atom is -0.399 e. The highest BCUT2D eigenvalue weighted by atomic mass is 16.7. The summed E-state index contributed by atoms with van der Waals surface area (Å²) in [7, 11) is 1.97. The van der Waals surface area contributed by atoms with Crippen LogP contribution in [0.1, 0.15) is 52.5 Å². The molecule has 7 rings (SSSR count). The molecular formula is C28H34BN3O2. The minimum atomic E-state index is -0.330. The van der Waals surface area contributed by atoms with Crippen molar-refractivity contribution in [3.8, 4) is 0 Å². The Morgan fingerprint density at radius 1 is 0.971 bits per heavy atom. The molecule has 1 aliphatic carbocycles. The largest absolute Gasteiger partial charge is 0.494 e. The van der Waals surface area contributed by atoms with Crippen molar-refractivity contribution in [3.05, 3.63) is 48.2 Å². The highest BCUT2D eigenvalue weighted by molar-refractivity contribution is 6.62. The highest BCUT2D eigenvalue weighted by Crippen LogP contribution is 2.45. The summed E-state index contributed by atoms with van der Waals surface area (Å²) in [4.78, 5) is 7.65. The van der Waals surface area contributed by atoms with E-state index in [-0.39, 0.29) is 18.3 Å². The van der Waals surface area contributed by atoms with Crippen LogP contribution >= 0.6 is 0 Å². The molecule has 2 aromatic carbocycles. The maximum atomic E-state index is 6.26. The molecule has 6 heteroatoms. The Kier molecular flexibility index (Phi) is 4.41. The summed E-state index contributed by atoms with van der Waals surface area (Å²) in [5.74, 6) is 0.797. The van der Waals surface area contributed by atoms with Gasteiger partial charge in [0, 0.05) is 12.2 Å². The van der Waals surface area contributed by atoms with Gasteiger partial charge >= 0.3 is 7.12 Å². The van der Waals surface area contributed by atoms with Crippen LogP contribution in [0, 0.1) is 5.92 Å². The molecule has 176 valence electrons. The maximum Gasteiger partial charge on any atom is 0.494 e. The summed E-state index contributed by atoms with van der Waals surface area (Å²) < 4.78 is 12.5. The first-order valence-electron chi connectivity index (χ1n) is 12.9. The Bertz CT molecular complexity index is 1230. The molecule has 0 radical (unpaired) electrons. The molecular weight excluding hydrogens is 421 g/mol. The van der Waals surface area contributed by atoms with E-state index in [9.17, 15) is 0 Å². The molecule has 5 aliphatic rings. The third-order valence-corrected chi connectivity index (χ3v) is 9.52. The Hall–Kier alpha value is -1.99. The average molecular weight is 455 g/mol. The van der Waals surface area contributed by atoms with Crippen molar-refractivity contribution >= 4 is 34.6 Å². The molecule has 4 unspecified atom stereocenters. The van der Waals surface area contributed by atoms with Gasteiger partial charge in [-0.25, -0.2) is 0 Å². The molecule has 4 fully saturated rings. The number of benzene rings is 2. The molecule has 4 heterocycles. The lowest BCUT2D eigenvalue weighted by Crippen LogP contribution is -2.46. The van der Waals surface area contributed by atoms with Gasteiger partial charge in [-0.05, 0) is 93.4 Å². The van der Waals surface area contributed by atoms with Gasteiger partial charge < -0.3 is 9.31 Å². The van der Waals surface area contributed by atoms with Crippen LogP contribution < -0.4 is 10.8 Å². The van der Waals surface area contributed by atoms with Crippen molar-refractivity contribution in [1.82, 2.24) is 10.2 Å². The lowest BCUT2D eigenvalue weighted by molar-refractivity contribution is 0.00578. The van der Waals surface area contributed by atoms with Crippen molar-refractivity contribution in [2.75, 3.05) is 7.05 Å². The normalized spacial score (nSPS) is 35.4. The summed E-state index contributed by atoms with van der Waals surface area (Å²) in [5.41, 5.74) is 4.37. The molecule has 5 atom stereocenters. The van der Waals surface area contributed by atoms with Gasteiger partial charge in [-0.1, -0.05) is 30.3 Å². The number of likely N-dealkylation sites (tertiary alicyclic amines) is 1. The molecule has 0 spiro atoms. The van der Waals surface area contributed by atoms with E-state index in [0.29, 0.717) is 18.1 Å². The predicted molar refractivity (Wildman–Crippen MR) is 138 cm³/mol. The average Bonchev–Trinajstić information content (AvgIpc) is 3.28. The lowest BCUT2D eigenvalue weighted by atomic mass is 9.78. The molecule has 4 aliphatic heterocycles. The first-order valence-corrected chi connectivity index (χ1v) is 12.9. The van der Waals surface area contributed by atoms with Gasteiger partial charge in [-0.3, -0.25) is 15.2 Å². The Morgan fingerprint density at radius 3 is 2.44 bits per heavy atom. The zero-order valence-corrected chi connectivity index (χ0v) is 20.8. The number of hydrogen-bond donors (Lipinski definition) is 1. The second kappa shape index (κ2) is 7.04. The van der Waals surface area contributed by atoms with E-state index < -0.39 is 0 Å². The number of rotatable bonds is 3. The molecule has 1 N–H and O–H groups in total. The third kappa shape index (κ3) is 3.05. The predicted octanol–water partition coefficient (Wildman–Crippen LogP) is 3.76. The minimum absolute atomic E-state index is 0.329. The van der Waals surface area contributed by atoms with Crippen molar-refractivity contribution in [2.24, 2.45) is 10.9 Å².